The van der Waals surface area contributed by atoms with Gasteiger partial charge in [0.25, 0.3) is 0 Å². The molecule has 1 aliphatic carbocycles. The zero-order valence-electron chi connectivity index (χ0n) is 10.4. The summed E-state index contributed by atoms with van der Waals surface area (Å²) < 4.78 is 11.0. The monoisotopic (exact) mass is 249 g/mol. The van der Waals surface area contributed by atoms with Crippen LogP contribution in [0.5, 0.6) is 0 Å². The predicted octanol–water partition coefficient (Wildman–Crippen LogP) is 1.28. The number of hydrogen-bond donors (Lipinski definition) is 1. The second-order valence-electron chi connectivity index (χ2n) is 5.02. The Morgan fingerprint density at radius 2 is 2.33 bits per heavy atom. The summed E-state index contributed by atoms with van der Waals surface area (Å²) in [4.78, 5) is 4.46. The number of rotatable bonds is 2. The van der Waals surface area contributed by atoms with E-state index in [2.05, 4.69) is 11.1 Å². The Morgan fingerprint density at radius 1 is 1.39 bits per heavy atom. The van der Waals surface area contributed by atoms with Gasteiger partial charge in [-0.15, -0.1) is 0 Å². The van der Waals surface area contributed by atoms with E-state index in [1.54, 1.807) is 0 Å². The van der Waals surface area contributed by atoms with E-state index in [0.717, 1.165) is 25.0 Å². The first-order valence-electron chi connectivity index (χ1n) is 6.67. The van der Waals surface area contributed by atoms with Crippen molar-refractivity contribution in [2.45, 2.75) is 37.4 Å². The summed E-state index contributed by atoms with van der Waals surface area (Å²) in [6, 6.07) is 4.08. The molecule has 2 aliphatic rings. The Labute approximate surface area is 107 Å². The van der Waals surface area contributed by atoms with E-state index in [4.69, 9.17) is 9.47 Å². The molecule has 1 aliphatic heterocycles. The van der Waals surface area contributed by atoms with Crippen LogP contribution in [0.3, 0.4) is 0 Å². The SMILES string of the molecule is OC(C1COCCO1)C1CCCc2cccnc21. The molecule has 98 valence electrons. The van der Waals surface area contributed by atoms with Crippen molar-refractivity contribution in [3.8, 4) is 0 Å². The maximum Gasteiger partial charge on any atom is 0.107 e. The smallest absolute Gasteiger partial charge is 0.107 e. The molecule has 4 nitrogen and oxygen atoms in total. The molecule has 1 aromatic rings. The van der Waals surface area contributed by atoms with Gasteiger partial charge in [-0.2, -0.15) is 0 Å². The first-order valence-corrected chi connectivity index (χ1v) is 6.67. The number of pyridine rings is 1. The first-order chi connectivity index (χ1) is 8.86. The van der Waals surface area contributed by atoms with Crippen LogP contribution in [0.25, 0.3) is 0 Å². The Hall–Kier alpha value is -0.970. The van der Waals surface area contributed by atoms with E-state index in [-0.39, 0.29) is 12.0 Å². The molecule has 0 spiro atoms. The van der Waals surface area contributed by atoms with E-state index in [9.17, 15) is 5.11 Å². The van der Waals surface area contributed by atoms with E-state index >= 15 is 0 Å². The lowest BCUT2D eigenvalue weighted by Crippen LogP contribution is -2.42. The summed E-state index contributed by atoms with van der Waals surface area (Å²) in [6.07, 6.45) is 4.23. The Bertz CT molecular complexity index is 404. The number of hydrogen-bond acceptors (Lipinski definition) is 4. The molecule has 0 amide bonds. The van der Waals surface area contributed by atoms with Crippen LogP contribution >= 0.6 is 0 Å². The van der Waals surface area contributed by atoms with Crippen molar-refractivity contribution in [3.05, 3.63) is 29.6 Å². The zero-order chi connectivity index (χ0) is 12.4. The lowest BCUT2D eigenvalue weighted by molar-refractivity contribution is -0.138. The van der Waals surface area contributed by atoms with Gasteiger partial charge in [-0.25, -0.2) is 0 Å². The van der Waals surface area contributed by atoms with E-state index in [0.29, 0.717) is 19.8 Å². The molecule has 3 atom stereocenters. The van der Waals surface area contributed by atoms with Gasteiger partial charge < -0.3 is 14.6 Å². The summed E-state index contributed by atoms with van der Waals surface area (Å²) in [5, 5.41) is 10.5. The molecule has 0 saturated carbocycles. The zero-order valence-corrected chi connectivity index (χ0v) is 10.4. The minimum atomic E-state index is -0.515. The van der Waals surface area contributed by atoms with Crippen LogP contribution in [0, 0.1) is 0 Å². The second kappa shape index (κ2) is 5.34. The van der Waals surface area contributed by atoms with Gasteiger partial charge in [0.05, 0.1) is 25.9 Å². The average molecular weight is 249 g/mol. The molecular weight excluding hydrogens is 230 g/mol. The van der Waals surface area contributed by atoms with Crippen molar-refractivity contribution >= 4 is 0 Å². The third kappa shape index (κ3) is 2.28. The van der Waals surface area contributed by atoms with E-state index in [1.165, 1.54) is 5.56 Å². The van der Waals surface area contributed by atoms with Crippen LogP contribution in [-0.4, -0.2) is 42.1 Å². The molecule has 1 aromatic heterocycles. The fourth-order valence-electron chi connectivity index (χ4n) is 2.94. The molecule has 3 rings (SSSR count). The van der Waals surface area contributed by atoms with E-state index < -0.39 is 6.10 Å². The molecule has 2 heterocycles. The molecule has 1 N–H and O–H groups in total. The number of nitrogens with zero attached hydrogens (tertiary/aromatic N) is 1. The van der Waals surface area contributed by atoms with Gasteiger partial charge in [0, 0.05) is 17.8 Å². The molecule has 3 unspecified atom stereocenters. The van der Waals surface area contributed by atoms with Gasteiger partial charge in [-0.3, -0.25) is 4.98 Å². The molecular formula is C14H19NO3. The minimum absolute atomic E-state index is 0.0849. The highest BCUT2D eigenvalue weighted by Gasteiger charge is 2.34. The van der Waals surface area contributed by atoms with Crippen molar-refractivity contribution in [2.75, 3.05) is 19.8 Å². The number of aromatic nitrogens is 1. The molecule has 1 fully saturated rings. The van der Waals surface area contributed by atoms with Crippen molar-refractivity contribution < 1.29 is 14.6 Å². The maximum atomic E-state index is 10.5. The summed E-state index contributed by atoms with van der Waals surface area (Å²) in [5.74, 6) is 0.0849. The Kier molecular flexibility index (Phi) is 3.59. The fourth-order valence-corrected chi connectivity index (χ4v) is 2.94. The topological polar surface area (TPSA) is 51.6 Å². The number of fused-ring (bicyclic) bond motifs is 1. The predicted molar refractivity (Wildman–Crippen MR) is 66.5 cm³/mol. The summed E-state index contributed by atoms with van der Waals surface area (Å²) in [7, 11) is 0. The van der Waals surface area contributed by atoms with Gasteiger partial charge in [0.1, 0.15) is 6.10 Å². The number of aliphatic hydroxyl groups excluding tert-OH is 1. The second-order valence-corrected chi connectivity index (χ2v) is 5.02. The largest absolute Gasteiger partial charge is 0.390 e. The normalized spacial score (nSPS) is 29.6. The number of aliphatic hydroxyl groups is 1. The first kappa shape index (κ1) is 12.1. The number of aryl methyl sites for hydroxylation is 1. The van der Waals surface area contributed by atoms with Gasteiger partial charge in [0.2, 0.25) is 0 Å². The Morgan fingerprint density at radius 3 is 3.17 bits per heavy atom. The van der Waals surface area contributed by atoms with Crippen molar-refractivity contribution in [1.82, 2.24) is 4.98 Å². The van der Waals surface area contributed by atoms with Gasteiger partial charge >= 0.3 is 0 Å². The third-order valence-corrected chi connectivity index (χ3v) is 3.87. The third-order valence-electron chi connectivity index (χ3n) is 3.87. The molecule has 18 heavy (non-hydrogen) atoms. The van der Waals surface area contributed by atoms with Gasteiger partial charge in [-0.05, 0) is 30.9 Å². The van der Waals surface area contributed by atoms with Crippen molar-refractivity contribution in [3.63, 3.8) is 0 Å². The van der Waals surface area contributed by atoms with Crippen LogP contribution < -0.4 is 0 Å². The highest BCUT2D eigenvalue weighted by Crippen LogP contribution is 2.34. The lowest BCUT2D eigenvalue weighted by Gasteiger charge is -2.34. The average Bonchev–Trinajstić information content (AvgIpc) is 2.47. The highest BCUT2D eigenvalue weighted by atomic mass is 16.6. The lowest BCUT2D eigenvalue weighted by atomic mass is 9.81. The van der Waals surface area contributed by atoms with Crippen LogP contribution in [0.4, 0.5) is 0 Å². The highest BCUT2D eigenvalue weighted by molar-refractivity contribution is 5.27. The molecule has 0 radical (unpaired) electrons. The van der Waals surface area contributed by atoms with E-state index in [1.807, 2.05) is 12.3 Å². The van der Waals surface area contributed by atoms with Gasteiger partial charge in [0.15, 0.2) is 0 Å². The Balaban J connectivity index is 1.80. The van der Waals surface area contributed by atoms with Crippen molar-refractivity contribution in [2.24, 2.45) is 0 Å². The number of ether oxygens (including phenoxy) is 2. The summed E-state index contributed by atoms with van der Waals surface area (Å²) in [6.45, 7) is 1.69. The summed E-state index contributed by atoms with van der Waals surface area (Å²) in [5.41, 5.74) is 2.31. The standard InChI is InChI=1S/C14H19NO3/c16-14(12-9-17-7-8-18-12)11-5-1-3-10-4-2-6-15-13(10)11/h2,4,6,11-12,14,16H,1,3,5,7-9H2. The van der Waals surface area contributed by atoms with Gasteiger partial charge in [-0.1, -0.05) is 6.07 Å². The molecule has 0 bridgehead atoms. The molecule has 4 heteroatoms. The van der Waals surface area contributed by atoms with Crippen LogP contribution in [0.15, 0.2) is 18.3 Å². The minimum Gasteiger partial charge on any atom is -0.390 e. The van der Waals surface area contributed by atoms with Crippen LogP contribution in [0.2, 0.25) is 0 Å². The maximum absolute atomic E-state index is 10.5. The fraction of sp³-hybridized carbons (Fsp3) is 0.643. The molecule has 1 saturated heterocycles. The van der Waals surface area contributed by atoms with Crippen LogP contribution in [-0.2, 0) is 15.9 Å². The molecule has 0 aromatic carbocycles. The van der Waals surface area contributed by atoms with Crippen LogP contribution in [0.1, 0.15) is 30.0 Å². The van der Waals surface area contributed by atoms with Crippen molar-refractivity contribution in [1.29, 1.82) is 0 Å². The quantitative estimate of drug-likeness (QED) is 0.857. The summed E-state index contributed by atoms with van der Waals surface area (Å²) >= 11 is 0.